The maximum absolute atomic E-state index is 12.2. The second-order valence-electron chi connectivity index (χ2n) is 6.07. The number of ether oxygens (including phenoxy) is 2. The number of aryl methyl sites for hydroxylation is 1. The molecule has 1 heterocycles. The number of carbonyl (C=O) groups is 3. The smallest absolute Gasteiger partial charge is 0.339 e. The number of methoxy groups -OCH3 is 1. The minimum atomic E-state index is -0.700. The Morgan fingerprint density at radius 2 is 1.85 bits per heavy atom. The van der Waals surface area contributed by atoms with Gasteiger partial charge in [-0.05, 0) is 55.5 Å². The van der Waals surface area contributed by atoms with E-state index in [1.54, 1.807) is 48.1 Å². The number of nitrogens with one attached hydrogen (secondary N) is 2. The van der Waals surface area contributed by atoms with Crippen molar-refractivity contribution in [1.29, 1.82) is 0 Å². The normalized spacial score (nSPS) is 12.6. The number of benzene rings is 1. The van der Waals surface area contributed by atoms with Crippen LogP contribution in [0, 0.1) is 0 Å². The minimum Gasteiger partial charge on any atom is -0.497 e. The predicted octanol–water partition coefficient (Wildman–Crippen LogP) is 3.14. The number of anilines is 1. The molecular weight excluding hydrogens is 368 g/mol. The van der Waals surface area contributed by atoms with Crippen molar-refractivity contribution in [3.05, 3.63) is 45.6 Å². The second-order valence-corrected chi connectivity index (χ2v) is 7.03. The van der Waals surface area contributed by atoms with Gasteiger partial charge in [0.1, 0.15) is 5.75 Å². The van der Waals surface area contributed by atoms with Gasteiger partial charge in [0.2, 0.25) is 0 Å². The fourth-order valence-corrected chi connectivity index (χ4v) is 3.99. The lowest BCUT2D eigenvalue weighted by Crippen LogP contribution is -2.37. The number of hydrogen-bond donors (Lipinski definition) is 2. The average Bonchev–Trinajstić information content (AvgIpc) is 3.11. The molecule has 7 nitrogen and oxygen atoms in total. The third-order valence-electron chi connectivity index (χ3n) is 4.22. The molecule has 1 aliphatic rings. The van der Waals surface area contributed by atoms with E-state index in [0.717, 1.165) is 31.2 Å². The monoisotopic (exact) mass is 388 g/mol. The lowest BCUT2D eigenvalue weighted by molar-refractivity contribution is -0.123. The number of thiophene rings is 1. The minimum absolute atomic E-state index is 0.503. The SMILES string of the molecule is COc1ccc(NC(=O)NC(=O)COC(=O)c2csc3c2CCCC3)cc1. The van der Waals surface area contributed by atoms with Gasteiger partial charge in [-0.2, -0.15) is 0 Å². The lowest BCUT2D eigenvalue weighted by atomic mass is 9.96. The van der Waals surface area contributed by atoms with Crippen LogP contribution in [0.3, 0.4) is 0 Å². The molecule has 2 aromatic rings. The summed E-state index contributed by atoms with van der Waals surface area (Å²) >= 11 is 1.55. The zero-order valence-corrected chi connectivity index (χ0v) is 15.7. The van der Waals surface area contributed by atoms with Crippen molar-refractivity contribution in [3.63, 3.8) is 0 Å². The molecule has 3 rings (SSSR count). The van der Waals surface area contributed by atoms with Crippen LogP contribution in [0.2, 0.25) is 0 Å². The Balaban J connectivity index is 1.46. The molecule has 0 atom stereocenters. The molecule has 0 saturated heterocycles. The summed E-state index contributed by atoms with van der Waals surface area (Å²) in [5, 5.41) is 6.42. The molecule has 0 aliphatic heterocycles. The first-order valence-electron chi connectivity index (χ1n) is 8.58. The van der Waals surface area contributed by atoms with E-state index in [1.807, 2.05) is 0 Å². The number of amides is 3. The number of fused-ring (bicyclic) bond motifs is 1. The van der Waals surface area contributed by atoms with E-state index in [1.165, 1.54) is 4.88 Å². The highest BCUT2D eigenvalue weighted by Gasteiger charge is 2.22. The topological polar surface area (TPSA) is 93.7 Å². The van der Waals surface area contributed by atoms with Crippen molar-refractivity contribution in [2.24, 2.45) is 0 Å². The van der Waals surface area contributed by atoms with Gasteiger partial charge in [-0.3, -0.25) is 10.1 Å². The Morgan fingerprint density at radius 3 is 2.59 bits per heavy atom. The van der Waals surface area contributed by atoms with E-state index in [9.17, 15) is 14.4 Å². The first-order chi connectivity index (χ1) is 13.1. The summed E-state index contributed by atoms with van der Waals surface area (Å²) in [6.45, 7) is -0.514. The molecule has 1 aromatic heterocycles. The van der Waals surface area contributed by atoms with E-state index in [2.05, 4.69) is 10.6 Å². The summed E-state index contributed by atoms with van der Waals surface area (Å²) in [5.41, 5.74) is 2.07. The van der Waals surface area contributed by atoms with Gasteiger partial charge in [0.05, 0.1) is 12.7 Å². The Morgan fingerprint density at radius 1 is 1.11 bits per heavy atom. The fourth-order valence-electron chi connectivity index (χ4n) is 2.87. The van der Waals surface area contributed by atoms with Gasteiger partial charge < -0.3 is 14.8 Å². The summed E-state index contributed by atoms with van der Waals surface area (Å²) < 4.78 is 10.1. The van der Waals surface area contributed by atoms with E-state index in [-0.39, 0.29) is 0 Å². The lowest BCUT2D eigenvalue weighted by Gasteiger charge is -2.12. The highest BCUT2D eigenvalue weighted by atomic mass is 32.1. The molecule has 8 heteroatoms. The summed E-state index contributed by atoms with van der Waals surface area (Å²) in [7, 11) is 1.54. The molecule has 2 N–H and O–H groups in total. The molecule has 0 spiro atoms. The molecule has 0 bridgehead atoms. The maximum atomic E-state index is 12.2. The zero-order chi connectivity index (χ0) is 19.2. The predicted molar refractivity (Wildman–Crippen MR) is 101 cm³/mol. The second kappa shape index (κ2) is 8.68. The molecule has 3 amide bonds. The van der Waals surface area contributed by atoms with Gasteiger partial charge in [0.25, 0.3) is 5.91 Å². The summed E-state index contributed by atoms with van der Waals surface area (Å²) in [5.74, 6) is -0.571. The zero-order valence-electron chi connectivity index (χ0n) is 14.9. The number of urea groups is 1. The van der Waals surface area contributed by atoms with Gasteiger partial charge in [0.15, 0.2) is 6.61 Å². The number of rotatable bonds is 5. The van der Waals surface area contributed by atoms with Crippen LogP contribution in [0.25, 0.3) is 0 Å². The summed E-state index contributed by atoms with van der Waals surface area (Å²) in [6, 6.07) is 5.95. The fraction of sp³-hybridized carbons (Fsp3) is 0.316. The Kier molecular flexibility index (Phi) is 6.08. The number of carbonyl (C=O) groups excluding carboxylic acids is 3. The van der Waals surface area contributed by atoms with Crippen molar-refractivity contribution >= 4 is 34.9 Å². The van der Waals surface area contributed by atoms with Gasteiger partial charge >= 0.3 is 12.0 Å². The van der Waals surface area contributed by atoms with Crippen molar-refractivity contribution < 1.29 is 23.9 Å². The van der Waals surface area contributed by atoms with Gasteiger partial charge in [-0.25, -0.2) is 9.59 Å². The van der Waals surface area contributed by atoms with Crippen LogP contribution in [-0.4, -0.2) is 31.6 Å². The van der Waals surface area contributed by atoms with E-state index in [0.29, 0.717) is 17.0 Å². The third kappa shape index (κ3) is 4.85. The summed E-state index contributed by atoms with van der Waals surface area (Å²) in [4.78, 5) is 37.1. The first-order valence-corrected chi connectivity index (χ1v) is 9.46. The first kappa shape index (κ1) is 18.9. The Labute approximate surface area is 160 Å². The highest BCUT2D eigenvalue weighted by molar-refractivity contribution is 7.10. The van der Waals surface area contributed by atoms with E-state index in [4.69, 9.17) is 9.47 Å². The van der Waals surface area contributed by atoms with Crippen LogP contribution >= 0.6 is 11.3 Å². The molecular formula is C19H20N2O5S. The van der Waals surface area contributed by atoms with Gasteiger partial charge in [0, 0.05) is 15.9 Å². The van der Waals surface area contributed by atoms with Crippen molar-refractivity contribution in [3.8, 4) is 5.75 Å². The van der Waals surface area contributed by atoms with Crippen molar-refractivity contribution in [1.82, 2.24) is 5.32 Å². The number of esters is 1. The van der Waals surface area contributed by atoms with Crippen LogP contribution in [0.5, 0.6) is 5.75 Å². The molecule has 1 aliphatic carbocycles. The van der Waals surface area contributed by atoms with Gasteiger partial charge in [-0.15, -0.1) is 11.3 Å². The molecule has 0 fully saturated rings. The number of hydrogen-bond acceptors (Lipinski definition) is 6. The average molecular weight is 388 g/mol. The van der Waals surface area contributed by atoms with Crippen LogP contribution in [-0.2, 0) is 22.4 Å². The van der Waals surface area contributed by atoms with Crippen LogP contribution < -0.4 is 15.4 Å². The Hall–Kier alpha value is -2.87. The van der Waals surface area contributed by atoms with E-state index >= 15 is 0 Å². The third-order valence-corrected chi connectivity index (χ3v) is 5.31. The van der Waals surface area contributed by atoms with Crippen LogP contribution in [0.15, 0.2) is 29.6 Å². The number of imide groups is 1. The van der Waals surface area contributed by atoms with Crippen molar-refractivity contribution in [2.75, 3.05) is 19.0 Å². The van der Waals surface area contributed by atoms with E-state index < -0.39 is 24.5 Å². The molecule has 0 saturated carbocycles. The Bertz CT molecular complexity index is 844. The van der Waals surface area contributed by atoms with Gasteiger partial charge in [-0.1, -0.05) is 0 Å². The standard InChI is InChI=1S/C19H20N2O5S/c1-25-13-8-6-12(7-9-13)20-19(24)21-17(22)10-26-18(23)15-11-27-16-5-3-2-4-14(15)16/h6-9,11H,2-5,10H2,1H3,(H2,20,21,22,24). The molecule has 1 aromatic carbocycles. The largest absolute Gasteiger partial charge is 0.497 e. The molecule has 0 unspecified atom stereocenters. The maximum Gasteiger partial charge on any atom is 0.339 e. The van der Waals surface area contributed by atoms with Crippen molar-refractivity contribution in [2.45, 2.75) is 25.7 Å². The molecule has 0 radical (unpaired) electrons. The quantitative estimate of drug-likeness (QED) is 0.768. The molecule has 142 valence electrons. The van der Waals surface area contributed by atoms with Crippen LogP contribution in [0.1, 0.15) is 33.6 Å². The summed E-state index contributed by atoms with van der Waals surface area (Å²) in [6.07, 6.45) is 4.03. The molecule has 27 heavy (non-hydrogen) atoms. The van der Waals surface area contributed by atoms with Crippen LogP contribution in [0.4, 0.5) is 10.5 Å². The highest BCUT2D eigenvalue weighted by Crippen LogP contribution is 2.30.